The number of hydrogen-bond donors (Lipinski definition) is 0. The molecule has 0 radical (unpaired) electrons. The van der Waals surface area contributed by atoms with Crippen LogP contribution in [0.3, 0.4) is 0 Å². The number of rotatable bonds is 8. The van der Waals surface area contributed by atoms with Crippen molar-refractivity contribution in [3.05, 3.63) is 24.3 Å². The smallest absolute Gasteiger partial charge is 0.221 e. The predicted octanol–water partition coefficient (Wildman–Crippen LogP) is 4.20. The highest BCUT2D eigenvalue weighted by Gasteiger charge is 2.35. The Balaban J connectivity index is 4.09. The number of hydrogen-bond acceptors (Lipinski definition) is 5. The zero-order valence-corrected chi connectivity index (χ0v) is 10.9. The van der Waals surface area contributed by atoms with Gasteiger partial charge in [0.2, 0.25) is 0 Å². The van der Waals surface area contributed by atoms with Gasteiger partial charge in [-0.1, -0.05) is 13.2 Å². The molecule has 0 aromatic heterocycles. The van der Waals surface area contributed by atoms with Gasteiger partial charge < -0.3 is 0 Å². The van der Waals surface area contributed by atoms with Gasteiger partial charge in [0.15, 0.2) is 0 Å². The predicted molar refractivity (Wildman–Crippen MR) is 53.2 cm³/mol. The second kappa shape index (κ2) is 7.36. The Kier molecular flexibility index (Phi) is 7.03. The Morgan fingerprint density at radius 2 is 1.14 bits per heavy atom. The summed E-state index contributed by atoms with van der Waals surface area (Å²) in [5.41, 5.74) is -2.98. The first kappa shape index (κ1) is 20.1. The Hall–Kier alpha value is -0.940. The van der Waals surface area contributed by atoms with E-state index in [1.165, 1.54) is 0 Å². The van der Waals surface area contributed by atoms with Crippen LogP contribution in [0.4, 0.5) is 30.5 Å². The maximum atomic E-state index is 12.8. The lowest BCUT2D eigenvalue weighted by molar-refractivity contribution is -0.273. The molecule has 0 aliphatic carbocycles. The molecule has 0 bridgehead atoms. The molecule has 0 rings (SSSR count). The Morgan fingerprint density at radius 3 is 1.38 bits per heavy atom. The molecular weight excluding hydrogens is 340 g/mol. The van der Waals surface area contributed by atoms with E-state index in [0.717, 1.165) is 0 Å². The highest BCUT2D eigenvalue weighted by Crippen LogP contribution is 2.50. The van der Waals surface area contributed by atoms with Gasteiger partial charge in [0, 0.05) is 0 Å². The van der Waals surface area contributed by atoms with Crippen molar-refractivity contribution in [2.24, 2.45) is 0 Å². The van der Waals surface area contributed by atoms with Gasteiger partial charge in [0.1, 0.15) is 13.2 Å². The third kappa shape index (κ3) is 8.83. The number of halogens is 7. The van der Waals surface area contributed by atoms with Crippen LogP contribution in [0, 0.1) is 0 Å². The summed E-state index contributed by atoms with van der Waals surface area (Å²) in [6.07, 6.45) is -9.71. The minimum Gasteiger partial charge on any atom is -0.221 e. The highest BCUT2D eigenvalue weighted by molar-refractivity contribution is 7.47. The summed E-state index contributed by atoms with van der Waals surface area (Å²) in [5, 5.41) is 0. The van der Waals surface area contributed by atoms with Gasteiger partial charge in [-0.25, -0.2) is 14.3 Å². The topological polar surface area (TPSA) is 54.0 Å². The molecule has 21 heavy (non-hydrogen) atoms. The van der Waals surface area contributed by atoms with Crippen LogP contribution in [0.2, 0.25) is 0 Å². The van der Waals surface area contributed by atoms with Crippen molar-refractivity contribution in [3.63, 3.8) is 0 Å². The summed E-state index contributed by atoms with van der Waals surface area (Å²) in [5.74, 6) is 0. The molecule has 0 saturated carbocycles. The maximum absolute atomic E-state index is 12.8. The fourth-order valence-electron chi connectivity index (χ4n) is 0.497. The van der Waals surface area contributed by atoms with Crippen LogP contribution < -0.4 is 0 Å². The van der Waals surface area contributed by atoms with Gasteiger partial charge >= 0.3 is 20.3 Å². The Labute approximate surface area is 113 Å². The lowest BCUT2D eigenvalue weighted by Gasteiger charge is -2.12. The van der Waals surface area contributed by atoms with E-state index in [1.807, 2.05) is 0 Å². The van der Waals surface area contributed by atoms with Crippen molar-refractivity contribution >= 4 is 7.91 Å². The molecule has 0 atom stereocenters. The normalized spacial score (nSPS) is 13.3. The van der Waals surface area contributed by atoms with Crippen LogP contribution in [0.15, 0.2) is 24.3 Å². The van der Waals surface area contributed by atoms with Crippen LogP contribution >= 0.6 is 7.91 Å². The molecule has 0 amide bonds. The average Bonchev–Trinajstić information content (AvgIpc) is 2.25. The third-order valence-corrected chi connectivity index (χ3v) is 2.12. The van der Waals surface area contributed by atoms with Crippen LogP contribution in [0.5, 0.6) is 0 Å². The summed E-state index contributed by atoms with van der Waals surface area (Å²) >= 11 is 0. The average molecular weight is 348 g/mol. The minimum absolute atomic E-state index is 1.41. The van der Waals surface area contributed by atoms with Gasteiger partial charge in [0.05, 0.1) is 11.1 Å². The van der Waals surface area contributed by atoms with E-state index in [4.69, 9.17) is 0 Å². The highest BCUT2D eigenvalue weighted by atomic mass is 31.2. The van der Waals surface area contributed by atoms with Gasteiger partial charge in [0.25, 0.3) is 0 Å². The van der Waals surface area contributed by atoms with Gasteiger partial charge in [-0.05, 0) is 0 Å². The van der Waals surface area contributed by atoms with Crippen LogP contribution in [-0.4, -0.2) is 25.6 Å². The molecule has 13 heteroatoms. The van der Waals surface area contributed by atoms with E-state index >= 15 is 0 Å². The second-order valence-corrected chi connectivity index (χ2v) is 4.47. The fraction of sp³-hybridized carbons (Fsp3) is 0.500. The summed E-state index contributed by atoms with van der Waals surface area (Å²) in [6.45, 7) is 2.20. The van der Waals surface area contributed by atoms with E-state index < -0.39 is 44.6 Å². The zero-order chi connectivity index (χ0) is 16.9. The Bertz CT molecular complexity index is 394. The van der Waals surface area contributed by atoms with Crippen LogP contribution in [0.1, 0.15) is 0 Å². The lowest BCUT2D eigenvalue weighted by atomic mass is 10.3. The van der Waals surface area contributed by atoms with E-state index in [2.05, 4.69) is 32.3 Å². The van der Waals surface area contributed by atoms with Crippen molar-refractivity contribution in [1.82, 2.24) is 0 Å². The first-order valence-corrected chi connectivity index (χ1v) is 6.11. The fourth-order valence-corrected chi connectivity index (χ4v) is 0.879. The summed E-state index contributed by atoms with van der Waals surface area (Å²) in [6, 6.07) is 0. The van der Waals surface area contributed by atoms with Gasteiger partial charge in [-0.15, -0.1) is 13.5 Å². The molecule has 0 aliphatic rings. The summed E-state index contributed by atoms with van der Waals surface area (Å²) in [7, 11) is -5.67. The van der Waals surface area contributed by atoms with Gasteiger partial charge in [-0.2, -0.15) is 26.3 Å². The van der Waals surface area contributed by atoms with Gasteiger partial charge in [-0.3, -0.25) is 0 Å². The first-order valence-electron chi connectivity index (χ1n) is 4.68. The molecular formula is C8H8F7O5P. The molecule has 0 aromatic rings. The molecule has 0 unspecified atom stereocenters. The standard InChI is InChI=1S/C8H8F7O5P/c1-5(7(9,10)11)3-17-19-21(15,16)20-18-4-6(2)8(12,13)14/h1-4H2. The zero-order valence-electron chi connectivity index (χ0n) is 9.96. The van der Waals surface area contributed by atoms with E-state index in [-0.39, 0.29) is 0 Å². The molecule has 0 heterocycles. The largest absolute Gasteiger partial charge is 0.568 e. The SMILES string of the molecule is C=C(COOP(=O)(F)OOCC(=C)C(F)(F)F)C(F)(F)F. The van der Waals surface area contributed by atoms with Crippen molar-refractivity contribution in [1.29, 1.82) is 0 Å². The monoisotopic (exact) mass is 348 g/mol. The Morgan fingerprint density at radius 1 is 0.857 bits per heavy atom. The summed E-state index contributed by atoms with van der Waals surface area (Å²) in [4.78, 5) is 7.21. The molecule has 0 spiro atoms. The molecule has 0 N–H and O–H groups in total. The van der Waals surface area contributed by atoms with Crippen molar-refractivity contribution in [2.75, 3.05) is 13.2 Å². The van der Waals surface area contributed by atoms with E-state index in [0.29, 0.717) is 0 Å². The molecule has 5 nitrogen and oxygen atoms in total. The first-order chi connectivity index (χ1) is 9.26. The third-order valence-electron chi connectivity index (χ3n) is 1.55. The van der Waals surface area contributed by atoms with Crippen molar-refractivity contribution in [2.45, 2.75) is 12.4 Å². The molecule has 0 saturated heterocycles. The second-order valence-electron chi connectivity index (χ2n) is 3.31. The molecule has 124 valence electrons. The lowest BCUT2D eigenvalue weighted by Crippen LogP contribution is -2.16. The van der Waals surface area contributed by atoms with Crippen molar-refractivity contribution in [3.8, 4) is 0 Å². The van der Waals surface area contributed by atoms with Crippen LogP contribution in [0.25, 0.3) is 0 Å². The van der Waals surface area contributed by atoms with E-state index in [9.17, 15) is 35.1 Å². The molecule has 0 aliphatic heterocycles. The van der Waals surface area contributed by atoms with Crippen molar-refractivity contribution < 1.29 is 54.2 Å². The van der Waals surface area contributed by atoms with E-state index in [1.54, 1.807) is 0 Å². The minimum atomic E-state index is -5.67. The maximum Gasteiger partial charge on any atom is 0.568 e. The number of alkyl halides is 6. The van der Waals surface area contributed by atoms with Crippen LogP contribution in [-0.2, 0) is 23.7 Å². The summed E-state index contributed by atoms with van der Waals surface area (Å²) < 4.78 is 102. The quantitative estimate of drug-likeness (QED) is 0.216. The molecule has 0 aromatic carbocycles. The molecule has 0 fully saturated rings.